The number of carboxylic acid groups (broad SMARTS) is 1. The van der Waals surface area contributed by atoms with Gasteiger partial charge in [-0.05, 0) is 13.3 Å². The molecule has 3 nitrogen and oxygen atoms in total. The van der Waals surface area contributed by atoms with E-state index in [1.165, 1.54) is 0 Å². The van der Waals surface area contributed by atoms with Gasteiger partial charge in [0.05, 0.1) is 0 Å². The first-order valence-electron chi connectivity index (χ1n) is 5.47. The summed E-state index contributed by atoms with van der Waals surface area (Å²) in [5, 5.41) is 11.6. The zero-order valence-electron chi connectivity index (χ0n) is 10.8. The number of rotatable bonds is 4. The Morgan fingerprint density at radius 1 is 1.27 bits per heavy atom. The molecule has 0 saturated heterocycles. The van der Waals surface area contributed by atoms with Crippen LogP contribution in [0.4, 0.5) is 0 Å². The minimum absolute atomic E-state index is 0.424. The van der Waals surface area contributed by atoms with Gasteiger partial charge < -0.3 is 10.4 Å². The Labute approximate surface area is 93.6 Å². The zero-order chi connectivity index (χ0) is 12.4. The molecule has 0 aliphatic heterocycles. The van der Waals surface area contributed by atoms with Gasteiger partial charge in [0.1, 0.15) is 0 Å². The fourth-order valence-corrected chi connectivity index (χ4v) is 1.06. The van der Waals surface area contributed by atoms with Gasteiger partial charge in [0.2, 0.25) is 0 Å². The van der Waals surface area contributed by atoms with Crippen LogP contribution in [0.3, 0.4) is 0 Å². The van der Waals surface area contributed by atoms with Crippen molar-refractivity contribution in [2.24, 2.45) is 0 Å². The van der Waals surface area contributed by atoms with E-state index in [-0.39, 0.29) is 0 Å². The van der Waals surface area contributed by atoms with E-state index in [1.54, 1.807) is 13.0 Å². The molecule has 0 atom stereocenters. The molecule has 2 N–H and O–H groups in total. The van der Waals surface area contributed by atoms with E-state index < -0.39 is 5.97 Å². The maximum absolute atomic E-state index is 10.0. The smallest absolute Gasteiger partial charge is 0.330 e. The highest BCUT2D eigenvalue weighted by atomic mass is 16.4. The lowest BCUT2D eigenvalue weighted by Crippen LogP contribution is -2.29. The van der Waals surface area contributed by atoms with E-state index in [0.29, 0.717) is 17.7 Å². The van der Waals surface area contributed by atoms with Gasteiger partial charge in [-0.15, -0.1) is 0 Å². The van der Waals surface area contributed by atoms with Crippen molar-refractivity contribution >= 4 is 5.97 Å². The van der Waals surface area contributed by atoms with Gasteiger partial charge in [-0.3, -0.25) is 0 Å². The summed E-state index contributed by atoms with van der Waals surface area (Å²) in [6.45, 7) is 12.1. The predicted octanol–water partition coefficient (Wildman–Crippen LogP) is 2.82. The molecule has 0 heterocycles. The summed E-state index contributed by atoms with van der Waals surface area (Å²) in [5.41, 5.74) is 0.424. The lowest BCUT2D eigenvalue weighted by atomic mass is 10.2. The molecule has 0 bridgehead atoms. The molecule has 0 aliphatic carbocycles. The molecule has 0 rings (SSSR count). The Kier molecular flexibility index (Phi) is 10.7. The van der Waals surface area contributed by atoms with Crippen molar-refractivity contribution in [1.82, 2.24) is 5.32 Å². The summed E-state index contributed by atoms with van der Waals surface area (Å²) in [4.78, 5) is 10.0. The molecule has 0 aromatic rings. The minimum Gasteiger partial charge on any atom is -0.478 e. The van der Waals surface area contributed by atoms with E-state index >= 15 is 0 Å². The highest BCUT2D eigenvalue weighted by molar-refractivity contribution is 5.85. The first-order valence-corrected chi connectivity index (χ1v) is 5.47. The van der Waals surface area contributed by atoms with E-state index in [2.05, 4.69) is 33.0 Å². The molecule has 0 aromatic heterocycles. The Balaban J connectivity index is 0. The summed E-state index contributed by atoms with van der Waals surface area (Å²) < 4.78 is 0. The third-order valence-corrected chi connectivity index (χ3v) is 1.51. The molecule has 0 spiro atoms. The first-order chi connectivity index (χ1) is 6.81. The number of hydrogen-bond acceptors (Lipinski definition) is 2. The summed E-state index contributed by atoms with van der Waals surface area (Å²) in [5.74, 6) is -0.827. The van der Waals surface area contributed by atoms with Crippen LogP contribution in [0.2, 0.25) is 0 Å². The van der Waals surface area contributed by atoms with E-state index in [0.717, 1.165) is 6.42 Å². The number of aliphatic carboxylic acids is 1. The maximum Gasteiger partial charge on any atom is 0.330 e. The standard InChI is InChI=1S/C6H15N.C6H10O2/c1-5(2)7-6(3)4;1-3-4-5(2)6(7)8/h5-7H,1-4H3;4H,3H2,1-2H3,(H,7,8). The van der Waals surface area contributed by atoms with Crippen LogP contribution in [0.5, 0.6) is 0 Å². The van der Waals surface area contributed by atoms with Crippen molar-refractivity contribution in [1.29, 1.82) is 0 Å². The van der Waals surface area contributed by atoms with Crippen LogP contribution in [0, 0.1) is 0 Å². The van der Waals surface area contributed by atoms with Crippen LogP contribution >= 0.6 is 0 Å². The normalized spacial score (nSPS) is 11.3. The zero-order valence-corrected chi connectivity index (χ0v) is 10.8. The van der Waals surface area contributed by atoms with Crippen molar-refractivity contribution < 1.29 is 9.90 Å². The third-order valence-electron chi connectivity index (χ3n) is 1.51. The van der Waals surface area contributed by atoms with Crippen LogP contribution in [-0.2, 0) is 4.79 Å². The molecule has 0 radical (unpaired) electrons. The molecule has 90 valence electrons. The molecule has 0 aromatic carbocycles. The molecule has 0 saturated carbocycles. The Morgan fingerprint density at radius 3 is 1.73 bits per heavy atom. The number of allylic oxidation sites excluding steroid dienone is 1. The minimum atomic E-state index is -0.827. The van der Waals surface area contributed by atoms with Crippen molar-refractivity contribution in [3.63, 3.8) is 0 Å². The Morgan fingerprint density at radius 2 is 1.67 bits per heavy atom. The van der Waals surface area contributed by atoms with Gasteiger partial charge >= 0.3 is 5.97 Å². The summed E-state index contributed by atoms with van der Waals surface area (Å²) in [6, 6.07) is 1.25. The number of hydrogen-bond donors (Lipinski definition) is 2. The van der Waals surface area contributed by atoms with Crippen molar-refractivity contribution in [3.8, 4) is 0 Å². The van der Waals surface area contributed by atoms with Gasteiger partial charge in [-0.2, -0.15) is 0 Å². The van der Waals surface area contributed by atoms with Crippen LogP contribution in [0.1, 0.15) is 48.0 Å². The molecule has 0 amide bonds. The molecule has 3 heteroatoms. The lowest BCUT2D eigenvalue weighted by Gasteiger charge is -2.10. The van der Waals surface area contributed by atoms with Crippen molar-refractivity contribution in [2.75, 3.05) is 0 Å². The van der Waals surface area contributed by atoms with Crippen LogP contribution in [0.25, 0.3) is 0 Å². The van der Waals surface area contributed by atoms with Crippen LogP contribution in [-0.4, -0.2) is 23.2 Å². The van der Waals surface area contributed by atoms with Crippen LogP contribution in [0.15, 0.2) is 11.6 Å². The van der Waals surface area contributed by atoms with Gasteiger partial charge in [0.15, 0.2) is 0 Å². The fraction of sp³-hybridized carbons (Fsp3) is 0.750. The second-order valence-corrected chi connectivity index (χ2v) is 4.08. The average Bonchev–Trinajstić information content (AvgIpc) is 2.02. The molecule has 0 unspecified atom stereocenters. The predicted molar refractivity (Wildman–Crippen MR) is 65.1 cm³/mol. The molecular weight excluding hydrogens is 190 g/mol. The quantitative estimate of drug-likeness (QED) is 0.709. The highest BCUT2D eigenvalue weighted by Crippen LogP contribution is 1.92. The summed E-state index contributed by atoms with van der Waals surface area (Å²) >= 11 is 0. The van der Waals surface area contributed by atoms with Gasteiger partial charge in [-0.25, -0.2) is 4.79 Å². The third kappa shape index (κ3) is 15.9. The van der Waals surface area contributed by atoms with Gasteiger partial charge in [0, 0.05) is 17.7 Å². The maximum atomic E-state index is 10.0. The van der Waals surface area contributed by atoms with Gasteiger partial charge in [-0.1, -0.05) is 40.7 Å². The summed E-state index contributed by atoms with van der Waals surface area (Å²) in [7, 11) is 0. The molecule has 0 fully saturated rings. The number of carboxylic acids is 1. The van der Waals surface area contributed by atoms with E-state index in [1.807, 2.05) is 6.92 Å². The average molecular weight is 215 g/mol. The summed E-state index contributed by atoms with van der Waals surface area (Å²) in [6.07, 6.45) is 2.47. The molecule has 15 heavy (non-hydrogen) atoms. The topological polar surface area (TPSA) is 49.3 Å². The monoisotopic (exact) mass is 215 g/mol. The Hall–Kier alpha value is -0.830. The van der Waals surface area contributed by atoms with Crippen molar-refractivity contribution in [3.05, 3.63) is 11.6 Å². The molecule has 0 aliphatic rings. The number of nitrogens with one attached hydrogen (secondary N) is 1. The second kappa shape index (κ2) is 9.71. The SMILES string of the molecule is CC(C)NC(C)C.CCC=C(C)C(=O)O. The fourth-order valence-electron chi connectivity index (χ4n) is 1.06. The van der Waals surface area contributed by atoms with E-state index in [4.69, 9.17) is 5.11 Å². The molecular formula is C12H25NO2. The highest BCUT2D eigenvalue weighted by Gasteiger charge is 1.95. The second-order valence-electron chi connectivity index (χ2n) is 4.08. The van der Waals surface area contributed by atoms with Crippen molar-refractivity contribution in [2.45, 2.75) is 60.0 Å². The lowest BCUT2D eigenvalue weighted by molar-refractivity contribution is -0.132. The van der Waals surface area contributed by atoms with Crippen LogP contribution < -0.4 is 5.32 Å². The largest absolute Gasteiger partial charge is 0.478 e. The first kappa shape index (κ1) is 16.6. The Bertz CT molecular complexity index is 190. The number of carbonyl (C=O) groups is 1. The van der Waals surface area contributed by atoms with E-state index in [9.17, 15) is 4.79 Å². The van der Waals surface area contributed by atoms with Gasteiger partial charge in [0.25, 0.3) is 0 Å².